The molecule has 4 aromatic rings. The van der Waals surface area contributed by atoms with Crippen molar-refractivity contribution in [1.29, 1.82) is 0 Å². The summed E-state index contributed by atoms with van der Waals surface area (Å²) in [7, 11) is 0. The van der Waals surface area contributed by atoms with E-state index >= 15 is 0 Å². The molecule has 1 saturated heterocycles. The van der Waals surface area contributed by atoms with Gasteiger partial charge in [0.1, 0.15) is 5.69 Å². The van der Waals surface area contributed by atoms with Crippen LogP contribution < -0.4 is 10.6 Å². The molecule has 0 atom stereocenters. The summed E-state index contributed by atoms with van der Waals surface area (Å²) < 4.78 is 7.44. The lowest BCUT2D eigenvalue weighted by Gasteiger charge is -2.27. The number of fused-ring (bicyclic) bond motifs is 1. The lowest BCUT2D eigenvalue weighted by atomic mass is 10.1. The van der Waals surface area contributed by atoms with Crippen LogP contribution in [-0.4, -0.2) is 61.6 Å². The van der Waals surface area contributed by atoms with Crippen LogP contribution in [0.5, 0.6) is 0 Å². The van der Waals surface area contributed by atoms with Gasteiger partial charge >= 0.3 is 0 Å². The number of aromatic nitrogens is 6. The van der Waals surface area contributed by atoms with Gasteiger partial charge in [0.15, 0.2) is 11.4 Å². The number of rotatable bonds is 6. The summed E-state index contributed by atoms with van der Waals surface area (Å²) in [5, 5.41) is 0.853. The number of hydrogen-bond acceptors (Lipinski definition) is 9. The Balaban J connectivity index is 1.62. The normalized spacial score (nSPS) is 14.0. The number of nitrogen functional groups attached to an aromatic ring is 1. The molecule has 0 radical (unpaired) electrons. The van der Waals surface area contributed by atoms with E-state index in [-0.39, 0.29) is 11.7 Å². The molecule has 0 bridgehead atoms. The lowest BCUT2D eigenvalue weighted by Crippen LogP contribution is -2.37. The minimum atomic E-state index is 0.0454. The first-order valence-electron chi connectivity index (χ1n) is 10.9. The van der Waals surface area contributed by atoms with Crippen LogP contribution in [0.4, 0.5) is 11.9 Å². The number of nitrogens with zero attached hydrogens (tertiary/aromatic N) is 7. The Hall–Kier alpha value is -3.92. The first kappa shape index (κ1) is 21.0. The zero-order valence-corrected chi connectivity index (χ0v) is 18.3. The first-order valence-corrected chi connectivity index (χ1v) is 10.9. The third-order valence-corrected chi connectivity index (χ3v) is 5.56. The van der Waals surface area contributed by atoms with E-state index in [2.05, 4.69) is 19.9 Å². The number of anilines is 2. The van der Waals surface area contributed by atoms with Crippen LogP contribution >= 0.6 is 0 Å². The Bertz CT molecular complexity index is 1280. The Kier molecular flexibility index (Phi) is 5.66. The van der Waals surface area contributed by atoms with Crippen molar-refractivity contribution in [2.45, 2.75) is 19.8 Å². The minimum absolute atomic E-state index is 0.0454. The highest BCUT2D eigenvalue weighted by atomic mass is 16.5. The fourth-order valence-electron chi connectivity index (χ4n) is 3.84. The number of pyridine rings is 1. The second-order valence-electron chi connectivity index (χ2n) is 7.80. The largest absolute Gasteiger partial charge is 0.378 e. The Morgan fingerprint density at radius 2 is 1.85 bits per heavy atom. The van der Waals surface area contributed by atoms with Gasteiger partial charge in [0, 0.05) is 49.1 Å². The van der Waals surface area contributed by atoms with Crippen LogP contribution in [0.1, 0.15) is 30.3 Å². The van der Waals surface area contributed by atoms with Gasteiger partial charge in [-0.1, -0.05) is 6.92 Å². The standard InChI is InChI=1S/C23H24N8O2/c1-2-3-19(32)18-5-4-16(14-25-18)31-7-6-17-20(15-12-26-22(24)27-13-15)28-23(29-21(17)31)30-8-10-33-11-9-30/h4-7,12-14H,2-3,8-11H2,1H3,(H2,24,26,27). The van der Waals surface area contributed by atoms with Crippen molar-refractivity contribution < 1.29 is 9.53 Å². The zero-order valence-electron chi connectivity index (χ0n) is 18.3. The molecular weight excluding hydrogens is 420 g/mol. The fraction of sp³-hybridized carbons (Fsp3) is 0.304. The zero-order chi connectivity index (χ0) is 22.8. The maximum atomic E-state index is 12.2. The van der Waals surface area contributed by atoms with Gasteiger partial charge in [0.05, 0.1) is 30.8 Å². The smallest absolute Gasteiger partial charge is 0.228 e. The second-order valence-corrected chi connectivity index (χ2v) is 7.80. The van der Waals surface area contributed by atoms with Gasteiger partial charge in [-0.25, -0.2) is 15.0 Å². The van der Waals surface area contributed by atoms with Crippen molar-refractivity contribution >= 4 is 28.7 Å². The molecule has 0 aromatic carbocycles. The highest BCUT2D eigenvalue weighted by molar-refractivity contribution is 5.95. The van der Waals surface area contributed by atoms with E-state index in [1.54, 1.807) is 24.7 Å². The maximum absolute atomic E-state index is 12.2. The third kappa shape index (κ3) is 4.12. The molecule has 0 spiro atoms. The SMILES string of the molecule is CCCC(=O)c1ccc(-n2ccc3c(-c4cnc(N)nc4)nc(N4CCOCC4)nc32)cn1. The van der Waals surface area contributed by atoms with Crippen molar-refractivity contribution in [2.24, 2.45) is 0 Å². The maximum Gasteiger partial charge on any atom is 0.228 e. The van der Waals surface area contributed by atoms with Crippen LogP contribution in [0.3, 0.4) is 0 Å². The molecule has 5 rings (SSSR count). The van der Waals surface area contributed by atoms with Gasteiger partial charge < -0.3 is 15.4 Å². The summed E-state index contributed by atoms with van der Waals surface area (Å²) >= 11 is 0. The first-order chi connectivity index (χ1) is 16.1. The summed E-state index contributed by atoms with van der Waals surface area (Å²) in [5.74, 6) is 0.864. The van der Waals surface area contributed by atoms with E-state index < -0.39 is 0 Å². The number of carbonyl (C=O) groups is 1. The van der Waals surface area contributed by atoms with Crippen molar-refractivity contribution in [3.8, 4) is 16.9 Å². The minimum Gasteiger partial charge on any atom is -0.378 e. The molecule has 33 heavy (non-hydrogen) atoms. The average molecular weight is 444 g/mol. The molecular formula is C23H24N8O2. The molecule has 10 heteroatoms. The number of ether oxygens (including phenoxy) is 1. The van der Waals surface area contributed by atoms with E-state index in [0.29, 0.717) is 44.4 Å². The topological polar surface area (TPSA) is 125 Å². The molecule has 0 saturated carbocycles. The van der Waals surface area contributed by atoms with Crippen molar-refractivity contribution in [3.63, 3.8) is 0 Å². The van der Waals surface area contributed by atoms with E-state index in [1.165, 1.54) is 0 Å². The summed E-state index contributed by atoms with van der Waals surface area (Å²) in [6, 6.07) is 5.61. The molecule has 1 aliphatic rings. The number of nitrogens with two attached hydrogens (primary N) is 1. The molecule has 4 aromatic heterocycles. The van der Waals surface area contributed by atoms with Crippen LogP contribution in [0.25, 0.3) is 28.0 Å². The molecule has 0 amide bonds. The quantitative estimate of drug-likeness (QED) is 0.447. The molecule has 168 valence electrons. The van der Waals surface area contributed by atoms with Crippen molar-refractivity contribution in [1.82, 2.24) is 29.5 Å². The number of ketones is 1. The molecule has 0 unspecified atom stereocenters. The van der Waals surface area contributed by atoms with E-state index in [4.69, 9.17) is 20.4 Å². The molecule has 10 nitrogen and oxygen atoms in total. The van der Waals surface area contributed by atoms with Gasteiger partial charge in [0.2, 0.25) is 11.9 Å². The van der Waals surface area contributed by atoms with Crippen LogP contribution in [-0.2, 0) is 4.74 Å². The summed E-state index contributed by atoms with van der Waals surface area (Å²) in [6.07, 6.45) is 8.24. The lowest BCUT2D eigenvalue weighted by molar-refractivity contribution is 0.0977. The summed E-state index contributed by atoms with van der Waals surface area (Å²) in [4.78, 5) is 36.7. The number of morpholine rings is 1. The van der Waals surface area contributed by atoms with Gasteiger partial charge in [-0.2, -0.15) is 4.98 Å². The molecule has 1 fully saturated rings. The summed E-state index contributed by atoms with van der Waals surface area (Å²) in [5.41, 5.74) is 9.17. The molecule has 5 heterocycles. The van der Waals surface area contributed by atoms with Gasteiger partial charge in [0.25, 0.3) is 0 Å². The Labute approximate surface area is 190 Å². The van der Waals surface area contributed by atoms with Crippen LogP contribution in [0.2, 0.25) is 0 Å². The van der Waals surface area contributed by atoms with Crippen LogP contribution in [0.15, 0.2) is 43.0 Å². The highest BCUT2D eigenvalue weighted by Gasteiger charge is 2.20. The van der Waals surface area contributed by atoms with E-state index in [0.717, 1.165) is 34.4 Å². The van der Waals surface area contributed by atoms with Gasteiger partial charge in [-0.15, -0.1) is 0 Å². The third-order valence-electron chi connectivity index (χ3n) is 5.56. The van der Waals surface area contributed by atoms with Crippen molar-refractivity contribution in [2.75, 3.05) is 36.9 Å². The van der Waals surface area contributed by atoms with Gasteiger partial charge in [-0.05, 0) is 24.6 Å². The second kappa shape index (κ2) is 8.91. The highest BCUT2D eigenvalue weighted by Crippen LogP contribution is 2.30. The number of Topliss-reactive ketones (excluding diaryl/α,β-unsaturated/α-hetero) is 1. The van der Waals surface area contributed by atoms with Gasteiger partial charge in [-0.3, -0.25) is 14.3 Å². The molecule has 2 N–H and O–H groups in total. The fourth-order valence-corrected chi connectivity index (χ4v) is 3.84. The van der Waals surface area contributed by atoms with E-state index in [1.807, 2.05) is 29.8 Å². The molecule has 0 aliphatic carbocycles. The predicted octanol–water partition coefficient (Wildman–Crippen LogP) is 2.67. The number of hydrogen-bond donors (Lipinski definition) is 1. The Morgan fingerprint density at radius 1 is 1.06 bits per heavy atom. The van der Waals surface area contributed by atoms with Crippen molar-refractivity contribution in [3.05, 3.63) is 48.7 Å². The summed E-state index contributed by atoms with van der Waals surface area (Å²) in [6.45, 7) is 4.65. The van der Waals surface area contributed by atoms with Crippen LogP contribution in [0, 0.1) is 0 Å². The predicted molar refractivity (Wildman–Crippen MR) is 124 cm³/mol. The average Bonchev–Trinajstić information content (AvgIpc) is 3.29. The molecule has 1 aliphatic heterocycles. The Morgan fingerprint density at radius 3 is 2.55 bits per heavy atom. The monoisotopic (exact) mass is 444 g/mol. The number of carbonyl (C=O) groups excluding carboxylic acids is 1. The van der Waals surface area contributed by atoms with E-state index in [9.17, 15) is 4.79 Å².